The topological polar surface area (TPSA) is 220 Å². The number of nitrogens with zero attached hydrogens (tertiary/aromatic N) is 11. The lowest BCUT2D eigenvalue weighted by atomic mass is 10.2. The zero-order valence-electron chi connectivity index (χ0n) is 40.5. The highest BCUT2D eigenvalue weighted by Gasteiger charge is 2.33. The fraction of sp³-hybridized carbons (Fsp3) is 0.346. The number of methoxy groups -OCH3 is 1. The Kier molecular flexibility index (Phi) is 21.3. The normalized spacial score (nSPS) is 16.0. The summed E-state index contributed by atoms with van der Waals surface area (Å²) in [4.78, 5) is 128. The third kappa shape index (κ3) is 15.7. The lowest BCUT2D eigenvalue weighted by molar-refractivity contribution is -0.142. The van der Waals surface area contributed by atoms with E-state index in [0.29, 0.717) is 29.2 Å². The van der Waals surface area contributed by atoms with Gasteiger partial charge in [0.15, 0.2) is 0 Å². The third-order valence-electron chi connectivity index (χ3n) is 11.5. The van der Waals surface area contributed by atoms with E-state index in [0.717, 1.165) is 4.90 Å². The summed E-state index contributed by atoms with van der Waals surface area (Å²) in [6.45, 7) is -3.36. The smallest absolute Gasteiger partial charge is 0.247 e. The van der Waals surface area contributed by atoms with Gasteiger partial charge in [-0.1, -0.05) is 90.8 Å². The zero-order chi connectivity index (χ0) is 51.8. The molecule has 1 aliphatic heterocycles. The van der Waals surface area contributed by atoms with E-state index in [2.05, 4.69) is 15.9 Å². The van der Waals surface area contributed by atoms with Gasteiger partial charge in [0.2, 0.25) is 47.3 Å². The number of hydrogen-bond acceptors (Lipinski definition) is 10. The summed E-state index contributed by atoms with van der Waals surface area (Å²) in [7, 11) is 1.41. The van der Waals surface area contributed by atoms with Gasteiger partial charge in [-0.2, -0.15) is 0 Å². The number of carbonyl (C=O) groups excluding carboxylic acids is 8. The molecule has 1 aliphatic rings. The van der Waals surface area contributed by atoms with Gasteiger partial charge in [0, 0.05) is 61.0 Å². The Morgan fingerprint density at radius 1 is 0.486 bits per heavy atom. The van der Waals surface area contributed by atoms with Crippen LogP contribution in [0.25, 0.3) is 10.4 Å². The Morgan fingerprint density at radius 3 is 1.18 bits per heavy atom. The average Bonchev–Trinajstić information content (AvgIpc) is 3.40. The Morgan fingerprint density at radius 2 is 0.806 bits per heavy atom. The maximum absolute atomic E-state index is 14.7. The second-order valence-electron chi connectivity index (χ2n) is 16.5. The Bertz CT molecular complexity index is 2580. The second kappa shape index (κ2) is 28.2. The molecule has 0 aromatic heterocycles. The first-order valence-corrected chi connectivity index (χ1v) is 23.3. The van der Waals surface area contributed by atoms with Gasteiger partial charge in [0.05, 0.1) is 19.7 Å². The summed E-state index contributed by atoms with van der Waals surface area (Å²) < 4.78 is 5.32. The third-order valence-corrected chi connectivity index (χ3v) is 11.5. The van der Waals surface area contributed by atoms with E-state index < -0.39 is 99.6 Å². The largest absolute Gasteiger partial charge is 0.383 e. The summed E-state index contributed by atoms with van der Waals surface area (Å²) >= 11 is 0. The lowest BCUT2D eigenvalue weighted by Gasteiger charge is -2.33. The van der Waals surface area contributed by atoms with Crippen LogP contribution in [0.2, 0.25) is 0 Å². The second-order valence-corrected chi connectivity index (χ2v) is 16.5. The summed E-state index contributed by atoms with van der Waals surface area (Å²) in [5, 5.41) is 3.58. The summed E-state index contributed by atoms with van der Waals surface area (Å²) in [5.74, 6) is -3.02. The molecule has 0 aliphatic carbocycles. The van der Waals surface area contributed by atoms with Crippen molar-refractivity contribution in [2.75, 3.05) is 118 Å². The number of azide groups is 1. The van der Waals surface area contributed by atoms with Crippen LogP contribution < -0.4 is 19.6 Å². The predicted molar refractivity (Wildman–Crippen MR) is 271 cm³/mol. The first-order valence-electron chi connectivity index (χ1n) is 23.3. The summed E-state index contributed by atoms with van der Waals surface area (Å²) in [6, 6.07) is 33.1. The predicted octanol–water partition coefficient (Wildman–Crippen LogP) is 3.84. The van der Waals surface area contributed by atoms with E-state index in [4.69, 9.17) is 16.7 Å². The SMILES string of the molecule is C#CCN1CC(=O)N(CCC)CC(=O)N(c2ccccc2)CC(=O)N(c2ccccc2)CC(=O)N(CCCN=[N+]=[N-])CC(=O)N(CCOC)CC(=O)N(c2ccccc2)CC(=O)N(c2ccccc2)CC1=O. The van der Waals surface area contributed by atoms with E-state index in [9.17, 15) is 38.4 Å². The number of carbonyl (C=O) groups is 8. The molecule has 5 rings (SSSR count). The molecule has 1 saturated heterocycles. The minimum atomic E-state index is -0.708. The van der Waals surface area contributed by atoms with Crippen LogP contribution in [0.5, 0.6) is 0 Å². The van der Waals surface area contributed by atoms with Crippen molar-refractivity contribution in [3.63, 3.8) is 0 Å². The number of benzene rings is 4. The molecule has 0 radical (unpaired) electrons. The quantitative estimate of drug-likeness (QED) is 0.0588. The van der Waals surface area contributed by atoms with E-state index in [1.54, 1.807) is 128 Å². The number of ether oxygens (including phenoxy) is 1. The number of terminal acetylenes is 1. The highest BCUT2D eigenvalue weighted by molar-refractivity contribution is 6.08. The van der Waals surface area contributed by atoms with Crippen LogP contribution >= 0.6 is 0 Å². The van der Waals surface area contributed by atoms with E-state index in [1.165, 1.54) is 41.4 Å². The molecule has 4 aromatic rings. The molecule has 8 amide bonds. The summed E-state index contributed by atoms with van der Waals surface area (Å²) in [6.07, 6.45) is 6.29. The van der Waals surface area contributed by atoms with Crippen LogP contribution in [0.15, 0.2) is 126 Å². The molecular weight excluding hydrogens is 923 g/mol. The van der Waals surface area contributed by atoms with Crippen molar-refractivity contribution in [2.24, 2.45) is 5.11 Å². The molecule has 72 heavy (non-hydrogen) atoms. The van der Waals surface area contributed by atoms with Crippen LogP contribution in [-0.2, 0) is 43.1 Å². The van der Waals surface area contributed by atoms with Gasteiger partial charge in [-0.25, -0.2) is 0 Å². The van der Waals surface area contributed by atoms with E-state index >= 15 is 0 Å². The van der Waals surface area contributed by atoms with E-state index in [1.807, 2.05) is 0 Å². The minimum Gasteiger partial charge on any atom is -0.383 e. The maximum Gasteiger partial charge on any atom is 0.247 e. The van der Waals surface area contributed by atoms with Crippen molar-refractivity contribution in [3.05, 3.63) is 132 Å². The van der Waals surface area contributed by atoms with Crippen molar-refractivity contribution in [2.45, 2.75) is 19.8 Å². The van der Waals surface area contributed by atoms with Crippen LogP contribution in [0, 0.1) is 12.3 Å². The standard InChI is InChI=1S/C52H59N11O9/c1-4-28-56-33-45(64)57(29-5-2)35-49(68)62(43-23-14-8-15-24-43)39-52(71)61(42-21-12-7-13-22-42)38-48(67)58(30-18-27-54-55-53)34-46(65)59(31-32-72-3)36-50(69)63(44-25-16-9-17-26-44)40-51(70)60(37-47(56)66)41-19-10-6-11-20-41/h1,6-17,19-26H,5,18,27-40H2,2-3H3. The fourth-order valence-electron chi connectivity index (χ4n) is 7.73. The first-order chi connectivity index (χ1) is 34.9. The van der Waals surface area contributed by atoms with Gasteiger partial charge in [-0.15, -0.1) is 6.42 Å². The lowest BCUT2D eigenvalue weighted by Crippen LogP contribution is -2.54. The number of anilines is 4. The molecule has 376 valence electrons. The van der Waals surface area contributed by atoms with Crippen molar-refractivity contribution >= 4 is 70.0 Å². The van der Waals surface area contributed by atoms with Gasteiger partial charge in [-0.3, -0.25) is 38.4 Å². The average molecular weight is 982 g/mol. The molecule has 4 aromatic carbocycles. The molecule has 1 heterocycles. The van der Waals surface area contributed by atoms with Crippen molar-refractivity contribution < 1.29 is 43.1 Å². The monoisotopic (exact) mass is 981 g/mol. The number of amides is 8. The van der Waals surface area contributed by atoms with Crippen molar-refractivity contribution in [3.8, 4) is 12.3 Å². The Hall–Kier alpha value is -8.53. The molecule has 0 unspecified atom stereocenters. The number of hydrogen-bond donors (Lipinski definition) is 0. The molecule has 1 fully saturated rings. The highest BCUT2D eigenvalue weighted by Crippen LogP contribution is 2.21. The highest BCUT2D eigenvalue weighted by atomic mass is 16.5. The van der Waals surface area contributed by atoms with Crippen molar-refractivity contribution in [1.29, 1.82) is 0 Å². The molecule has 20 heteroatoms. The number of rotatable bonds is 14. The fourth-order valence-corrected chi connectivity index (χ4v) is 7.73. The molecule has 0 atom stereocenters. The maximum atomic E-state index is 14.7. The van der Waals surface area contributed by atoms with Crippen molar-refractivity contribution in [1.82, 2.24) is 19.6 Å². The number of para-hydroxylation sites is 4. The molecule has 0 bridgehead atoms. The molecule has 0 N–H and O–H groups in total. The first kappa shape index (κ1) is 54.4. The van der Waals surface area contributed by atoms with Gasteiger partial charge in [0.25, 0.3) is 0 Å². The Labute approximate surface area is 418 Å². The molecule has 0 saturated carbocycles. The van der Waals surface area contributed by atoms with Gasteiger partial charge in [0.1, 0.15) is 45.8 Å². The van der Waals surface area contributed by atoms with Gasteiger partial charge in [-0.05, 0) is 66.9 Å². The van der Waals surface area contributed by atoms with Crippen LogP contribution in [0.1, 0.15) is 19.8 Å². The van der Waals surface area contributed by atoms with Gasteiger partial charge >= 0.3 is 0 Å². The van der Waals surface area contributed by atoms with Crippen LogP contribution in [0.3, 0.4) is 0 Å². The van der Waals surface area contributed by atoms with Crippen LogP contribution in [-0.4, -0.2) is 166 Å². The molecular formula is C52H59N11O9. The Balaban J connectivity index is 1.64. The molecule has 0 spiro atoms. The minimum absolute atomic E-state index is 0.0161. The molecule has 20 nitrogen and oxygen atoms in total. The van der Waals surface area contributed by atoms with Gasteiger partial charge < -0.3 is 43.9 Å². The summed E-state index contributed by atoms with van der Waals surface area (Å²) in [5.41, 5.74) is 10.2. The van der Waals surface area contributed by atoms with E-state index in [-0.39, 0.29) is 45.8 Å². The zero-order valence-corrected chi connectivity index (χ0v) is 40.5. The van der Waals surface area contributed by atoms with Crippen LogP contribution in [0.4, 0.5) is 22.7 Å².